The number of aliphatic carboxylic acids is 1. The van der Waals surface area contributed by atoms with Gasteiger partial charge in [0.1, 0.15) is 29.3 Å². The number of nitrogens with one attached hydrogen (secondary N) is 2. The number of rotatable bonds is 8. The average molecular weight is 658 g/mol. The lowest BCUT2D eigenvalue weighted by Gasteiger charge is -2.38. The van der Waals surface area contributed by atoms with Crippen LogP contribution in [0.5, 0.6) is 0 Å². The molecule has 0 radical (unpaired) electrons. The fourth-order valence-electron chi connectivity index (χ4n) is 7.00. The van der Waals surface area contributed by atoms with Gasteiger partial charge in [-0.3, -0.25) is 0 Å². The van der Waals surface area contributed by atoms with Crippen molar-refractivity contribution in [3.8, 4) is 6.07 Å². The highest BCUT2D eigenvalue weighted by Gasteiger charge is 2.60. The minimum Gasteiger partial charge on any atom is -0.480 e. The van der Waals surface area contributed by atoms with Crippen molar-refractivity contribution in [2.24, 2.45) is 5.41 Å². The van der Waals surface area contributed by atoms with Crippen LogP contribution in [0.15, 0.2) is 60.7 Å². The predicted molar refractivity (Wildman–Crippen MR) is 172 cm³/mol. The second kappa shape index (κ2) is 12.8. The van der Waals surface area contributed by atoms with E-state index in [2.05, 4.69) is 16.7 Å². The number of anilines is 2. The molecule has 45 heavy (non-hydrogen) atoms. The van der Waals surface area contributed by atoms with Crippen LogP contribution < -0.4 is 15.5 Å². The minimum absolute atomic E-state index is 0.0400. The Balaban J connectivity index is 1.58. The molecule has 2 aliphatic rings. The zero-order valence-corrected chi connectivity index (χ0v) is 26.7. The summed E-state index contributed by atoms with van der Waals surface area (Å²) in [5, 5.41) is 38.8. The van der Waals surface area contributed by atoms with Crippen LogP contribution in [0.1, 0.15) is 57.1 Å². The Labute approximate surface area is 271 Å². The first-order valence-electron chi connectivity index (χ1n) is 14.9. The molecular formula is C34H36Cl2F2N4O3. The minimum atomic E-state index is -1.67. The number of aliphatic hydroxyl groups excluding tert-OH is 1. The van der Waals surface area contributed by atoms with Crippen LogP contribution in [-0.4, -0.2) is 47.1 Å². The number of carbonyl (C=O) groups is 1. The van der Waals surface area contributed by atoms with E-state index in [1.165, 1.54) is 24.3 Å². The van der Waals surface area contributed by atoms with Crippen molar-refractivity contribution in [2.75, 3.05) is 16.8 Å². The van der Waals surface area contributed by atoms with E-state index < -0.39 is 53.3 Å². The van der Waals surface area contributed by atoms with Crippen LogP contribution in [0.2, 0.25) is 10.0 Å². The number of carboxylic acid groups (broad SMARTS) is 1. The molecule has 7 nitrogen and oxygen atoms in total. The van der Waals surface area contributed by atoms with Crippen molar-refractivity contribution in [1.82, 2.24) is 5.32 Å². The van der Waals surface area contributed by atoms with Gasteiger partial charge in [0.05, 0.1) is 17.1 Å². The van der Waals surface area contributed by atoms with Crippen LogP contribution in [0.4, 0.5) is 20.2 Å². The summed E-state index contributed by atoms with van der Waals surface area (Å²) < 4.78 is 31.7. The lowest BCUT2D eigenvalue weighted by molar-refractivity contribution is -0.138. The molecule has 0 amide bonds. The molecule has 2 unspecified atom stereocenters. The van der Waals surface area contributed by atoms with Gasteiger partial charge in [-0.25, -0.2) is 13.6 Å². The van der Waals surface area contributed by atoms with Crippen molar-refractivity contribution >= 4 is 40.5 Å². The Morgan fingerprint density at radius 1 is 1.18 bits per heavy atom. The van der Waals surface area contributed by atoms with E-state index in [0.717, 1.165) is 18.2 Å². The summed E-state index contributed by atoms with van der Waals surface area (Å²) >= 11 is 12.3. The fourth-order valence-corrected chi connectivity index (χ4v) is 7.34. The molecule has 0 aliphatic carbocycles. The Kier molecular flexibility index (Phi) is 9.35. The fraction of sp³-hybridized carbons (Fsp3) is 0.412. The third-order valence-electron chi connectivity index (χ3n) is 8.88. The number of hydrogen-bond donors (Lipinski definition) is 4. The Hall–Kier alpha value is -3.42. The van der Waals surface area contributed by atoms with E-state index in [1.54, 1.807) is 30.3 Å². The van der Waals surface area contributed by atoms with Gasteiger partial charge >= 0.3 is 5.97 Å². The Morgan fingerprint density at radius 3 is 2.51 bits per heavy atom. The van der Waals surface area contributed by atoms with Crippen LogP contribution in [0, 0.1) is 28.4 Å². The van der Waals surface area contributed by atoms with Crippen LogP contribution in [-0.2, 0) is 10.2 Å². The van der Waals surface area contributed by atoms with Crippen molar-refractivity contribution < 1.29 is 23.8 Å². The number of hydrogen-bond acceptors (Lipinski definition) is 6. The van der Waals surface area contributed by atoms with E-state index in [0.29, 0.717) is 25.1 Å². The zero-order chi connectivity index (χ0) is 32.7. The Morgan fingerprint density at radius 2 is 1.89 bits per heavy atom. The molecule has 3 aromatic carbocycles. The second-order valence-electron chi connectivity index (χ2n) is 13.1. The number of halogens is 4. The van der Waals surface area contributed by atoms with E-state index in [-0.39, 0.29) is 26.6 Å². The van der Waals surface area contributed by atoms with Gasteiger partial charge in [-0.1, -0.05) is 62.2 Å². The highest BCUT2D eigenvalue weighted by atomic mass is 35.5. The quantitative estimate of drug-likeness (QED) is 0.192. The van der Waals surface area contributed by atoms with Gasteiger partial charge < -0.3 is 25.7 Å². The molecule has 0 saturated carbocycles. The van der Waals surface area contributed by atoms with Crippen molar-refractivity contribution in [1.29, 1.82) is 5.26 Å². The molecule has 6 atom stereocenters. The maximum absolute atomic E-state index is 15.9. The van der Waals surface area contributed by atoms with Crippen molar-refractivity contribution in [2.45, 2.75) is 75.7 Å². The van der Waals surface area contributed by atoms with Gasteiger partial charge in [0.15, 0.2) is 0 Å². The first-order chi connectivity index (χ1) is 21.3. The van der Waals surface area contributed by atoms with Gasteiger partial charge in [0, 0.05) is 40.5 Å². The van der Waals surface area contributed by atoms with E-state index in [4.69, 9.17) is 23.2 Å². The molecule has 0 bridgehead atoms. The van der Waals surface area contributed by atoms with Gasteiger partial charge in [0.25, 0.3) is 0 Å². The summed E-state index contributed by atoms with van der Waals surface area (Å²) in [5.74, 6) is -3.43. The molecule has 238 valence electrons. The second-order valence-corrected chi connectivity index (χ2v) is 13.9. The summed E-state index contributed by atoms with van der Waals surface area (Å²) in [5.41, 5.74) is -0.650. The van der Waals surface area contributed by atoms with Crippen molar-refractivity contribution in [3.63, 3.8) is 0 Å². The molecule has 11 heteroatoms. The predicted octanol–water partition coefficient (Wildman–Crippen LogP) is 7.08. The molecule has 2 heterocycles. The normalized spacial score (nSPS) is 25.6. The Bertz CT molecular complexity index is 1610. The van der Waals surface area contributed by atoms with Gasteiger partial charge in [0.2, 0.25) is 0 Å². The summed E-state index contributed by atoms with van der Waals surface area (Å²) in [6.45, 7) is 6.59. The number of benzene rings is 3. The smallest absolute Gasteiger partial charge is 0.326 e. The van der Waals surface area contributed by atoms with Crippen LogP contribution in [0.3, 0.4) is 0 Å². The van der Waals surface area contributed by atoms with Crippen LogP contribution in [0.25, 0.3) is 0 Å². The number of carboxylic acids is 1. The number of nitrogens with zero attached hydrogens (tertiary/aromatic N) is 2. The molecular weight excluding hydrogens is 621 g/mol. The lowest BCUT2D eigenvalue weighted by Crippen LogP contribution is -2.45. The summed E-state index contributed by atoms with van der Waals surface area (Å²) in [7, 11) is 0. The monoisotopic (exact) mass is 656 g/mol. The van der Waals surface area contributed by atoms with Crippen LogP contribution >= 0.6 is 23.2 Å². The first kappa shape index (κ1) is 33.0. The summed E-state index contributed by atoms with van der Waals surface area (Å²) in [6.07, 6.45) is 0.355. The number of nitriles is 1. The topological polar surface area (TPSA) is 109 Å². The maximum atomic E-state index is 15.9. The maximum Gasteiger partial charge on any atom is 0.326 e. The van der Waals surface area contributed by atoms with Gasteiger partial charge in [-0.05, 0) is 72.7 Å². The third kappa shape index (κ3) is 6.34. The van der Waals surface area contributed by atoms with E-state index in [1.807, 2.05) is 25.7 Å². The lowest BCUT2D eigenvalue weighted by atomic mass is 9.62. The first-order valence-corrected chi connectivity index (χ1v) is 15.6. The highest BCUT2D eigenvalue weighted by Crippen LogP contribution is 2.53. The average Bonchev–Trinajstić information content (AvgIpc) is 3.58. The van der Waals surface area contributed by atoms with Gasteiger partial charge in [-0.2, -0.15) is 5.26 Å². The summed E-state index contributed by atoms with van der Waals surface area (Å²) in [4.78, 5) is 13.5. The van der Waals surface area contributed by atoms with E-state index in [9.17, 15) is 20.3 Å². The van der Waals surface area contributed by atoms with Crippen molar-refractivity contribution in [3.05, 3.63) is 93.5 Å². The summed E-state index contributed by atoms with van der Waals surface area (Å²) in [6, 6.07) is 15.6. The molecule has 4 N–H and O–H groups in total. The molecule has 5 rings (SSSR count). The number of aliphatic hydroxyl groups is 1. The largest absolute Gasteiger partial charge is 0.480 e. The molecule has 3 aromatic rings. The molecule has 2 saturated heterocycles. The molecule has 2 fully saturated rings. The van der Waals surface area contributed by atoms with Gasteiger partial charge in [-0.15, -0.1) is 0 Å². The zero-order valence-electron chi connectivity index (χ0n) is 25.2. The highest BCUT2D eigenvalue weighted by molar-refractivity contribution is 6.31. The molecule has 0 aromatic heterocycles. The SMILES string of the molecule is CC(C)(C)C[C@@H]1N[C@@H](C(O)Nc2ccc(N3CCCC3C(=O)O)cc2)[C@H](c2cccc(Cl)c2F)[C@@]1(C#N)c1ccc(Cl)cc1F. The third-order valence-corrected chi connectivity index (χ3v) is 9.41. The molecule has 0 spiro atoms. The van der Waals surface area contributed by atoms with E-state index >= 15 is 8.78 Å². The molecule has 2 aliphatic heterocycles. The standard InChI is InChI=1S/C34H36Cl2F2N4O3/c1-33(2,3)17-27-34(18-39,23-14-9-19(35)16-25(23)37)28(22-6-4-7-24(36)29(22)38)30(41-27)31(43)40-20-10-12-21(13-11-20)42-15-5-8-26(42)32(44)45/h4,6-7,9-14,16,26-28,30-31,40-41,43H,5,8,15,17H2,1-3H3,(H,44,45)/t26?,27-,28-,30+,31?,34-/m0/s1.